The first-order valence-corrected chi connectivity index (χ1v) is 7.14. The van der Waals surface area contributed by atoms with Gasteiger partial charge in [0, 0.05) is 12.6 Å². The van der Waals surface area contributed by atoms with Crippen molar-refractivity contribution in [2.45, 2.75) is 13.0 Å². The van der Waals surface area contributed by atoms with Gasteiger partial charge in [0.25, 0.3) is 5.91 Å². The van der Waals surface area contributed by atoms with Gasteiger partial charge >= 0.3 is 0 Å². The van der Waals surface area contributed by atoms with Crippen LogP contribution in [-0.4, -0.2) is 39.2 Å². The molecule has 1 aromatic carbocycles. The molecule has 2 aromatic rings. The summed E-state index contributed by atoms with van der Waals surface area (Å²) in [4.78, 5) is 14.3. The second kappa shape index (κ2) is 7.09. The highest BCUT2D eigenvalue weighted by atomic mass is 16.5. The molecule has 6 nitrogen and oxygen atoms in total. The molecule has 0 radical (unpaired) electrons. The van der Waals surface area contributed by atoms with Crippen LogP contribution in [0.25, 0.3) is 0 Å². The molecule has 0 saturated carbocycles. The smallest absolute Gasteiger partial charge is 0.254 e. The monoisotopic (exact) mass is 319 g/mol. The summed E-state index contributed by atoms with van der Waals surface area (Å²) in [7, 11) is 6.27. The van der Waals surface area contributed by atoms with Crippen molar-refractivity contribution in [3.05, 3.63) is 41.9 Å². The van der Waals surface area contributed by atoms with E-state index >= 15 is 0 Å². The summed E-state index contributed by atoms with van der Waals surface area (Å²) in [5, 5.41) is 0. The summed E-state index contributed by atoms with van der Waals surface area (Å²) in [5.41, 5.74) is 0.445. The number of carbonyl (C=O) groups excluding carboxylic acids is 1. The van der Waals surface area contributed by atoms with Gasteiger partial charge in [-0.05, 0) is 31.2 Å². The normalized spacial score (nSPS) is 11.7. The Morgan fingerprint density at radius 2 is 1.74 bits per heavy atom. The van der Waals surface area contributed by atoms with Crippen molar-refractivity contribution in [2.24, 2.45) is 0 Å². The first-order valence-electron chi connectivity index (χ1n) is 7.14. The molecule has 0 N–H and O–H groups in total. The number of hydrogen-bond acceptors (Lipinski definition) is 5. The molecule has 0 aliphatic carbocycles. The zero-order valence-corrected chi connectivity index (χ0v) is 14.0. The number of carbonyl (C=O) groups is 1. The summed E-state index contributed by atoms with van der Waals surface area (Å²) in [5.74, 6) is 1.87. The van der Waals surface area contributed by atoms with Gasteiger partial charge in [0.05, 0.1) is 33.6 Å². The summed E-state index contributed by atoms with van der Waals surface area (Å²) in [6.07, 6.45) is 1.59. The average Bonchev–Trinajstić information content (AvgIpc) is 3.12. The maximum absolute atomic E-state index is 12.7. The molecule has 1 aromatic heterocycles. The zero-order chi connectivity index (χ0) is 17.0. The predicted molar refractivity (Wildman–Crippen MR) is 85.3 cm³/mol. The summed E-state index contributed by atoms with van der Waals surface area (Å²) < 4.78 is 21.2. The molecule has 0 saturated heterocycles. The Kier molecular flexibility index (Phi) is 5.16. The number of amides is 1. The van der Waals surface area contributed by atoms with Gasteiger partial charge in [-0.25, -0.2) is 0 Å². The number of hydrogen-bond donors (Lipinski definition) is 0. The molecule has 6 heteroatoms. The molecule has 1 heterocycles. The molecule has 0 aliphatic heterocycles. The molecule has 1 atom stereocenters. The van der Waals surface area contributed by atoms with Crippen LogP contribution >= 0.6 is 0 Å². The molecule has 0 aliphatic rings. The fourth-order valence-electron chi connectivity index (χ4n) is 2.30. The Labute approximate surface area is 135 Å². The Morgan fingerprint density at radius 3 is 2.17 bits per heavy atom. The first kappa shape index (κ1) is 16.7. The van der Waals surface area contributed by atoms with Crippen molar-refractivity contribution in [3.8, 4) is 17.2 Å². The minimum Gasteiger partial charge on any atom is -0.493 e. The lowest BCUT2D eigenvalue weighted by Gasteiger charge is -2.24. The molecule has 0 bridgehead atoms. The maximum atomic E-state index is 12.7. The summed E-state index contributed by atoms with van der Waals surface area (Å²) in [6, 6.07) is 6.70. The van der Waals surface area contributed by atoms with E-state index in [9.17, 15) is 4.79 Å². The van der Waals surface area contributed by atoms with Crippen LogP contribution in [0.1, 0.15) is 29.1 Å². The maximum Gasteiger partial charge on any atom is 0.254 e. The van der Waals surface area contributed by atoms with Crippen molar-refractivity contribution in [1.82, 2.24) is 4.90 Å². The molecule has 1 amide bonds. The minimum atomic E-state index is -0.198. The van der Waals surface area contributed by atoms with Crippen LogP contribution in [0.4, 0.5) is 0 Å². The second-order valence-electron chi connectivity index (χ2n) is 5.02. The highest BCUT2D eigenvalue weighted by Gasteiger charge is 2.23. The third-order valence-electron chi connectivity index (χ3n) is 3.77. The highest BCUT2D eigenvalue weighted by molar-refractivity contribution is 5.95. The highest BCUT2D eigenvalue weighted by Crippen LogP contribution is 2.38. The van der Waals surface area contributed by atoms with E-state index in [1.54, 1.807) is 36.4 Å². The van der Waals surface area contributed by atoms with Gasteiger partial charge in [0.2, 0.25) is 5.75 Å². The van der Waals surface area contributed by atoms with Crippen LogP contribution < -0.4 is 14.2 Å². The van der Waals surface area contributed by atoms with E-state index in [2.05, 4.69) is 0 Å². The van der Waals surface area contributed by atoms with E-state index in [1.807, 2.05) is 13.0 Å². The van der Waals surface area contributed by atoms with E-state index in [4.69, 9.17) is 18.6 Å². The first-order chi connectivity index (χ1) is 11.0. The SMILES string of the molecule is COc1cc(C(=O)N(C)C(C)c2ccco2)cc(OC)c1OC. The van der Waals surface area contributed by atoms with Crippen molar-refractivity contribution in [2.75, 3.05) is 28.4 Å². The molecule has 0 fully saturated rings. The zero-order valence-electron chi connectivity index (χ0n) is 14.0. The third kappa shape index (κ3) is 3.26. The Bertz CT molecular complexity index is 641. The number of ether oxygens (including phenoxy) is 3. The standard InChI is InChI=1S/C17H21NO5/c1-11(13-7-6-8-23-13)18(2)17(19)12-9-14(20-3)16(22-5)15(10-12)21-4/h6-11H,1-5H3. The fraction of sp³-hybridized carbons (Fsp3) is 0.353. The van der Waals surface area contributed by atoms with Crippen molar-refractivity contribution in [3.63, 3.8) is 0 Å². The van der Waals surface area contributed by atoms with Gasteiger partial charge in [-0.3, -0.25) is 4.79 Å². The molecule has 0 spiro atoms. The van der Waals surface area contributed by atoms with Crippen LogP contribution in [0, 0.1) is 0 Å². The Hall–Kier alpha value is -2.63. The lowest BCUT2D eigenvalue weighted by molar-refractivity contribution is 0.0725. The van der Waals surface area contributed by atoms with Crippen molar-refractivity contribution < 1.29 is 23.4 Å². The minimum absolute atomic E-state index is 0.173. The number of benzene rings is 1. The van der Waals surface area contributed by atoms with E-state index in [-0.39, 0.29) is 11.9 Å². The van der Waals surface area contributed by atoms with E-state index in [1.165, 1.54) is 21.3 Å². The van der Waals surface area contributed by atoms with Gasteiger partial charge < -0.3 is 23.5 Å². The van der Waals surface area contributed by atoms with Gasteiger partial charge in [-0.2, -0.15) is 0 Å². The number of rotatable bonds is 6. The number of nitrogens with zero attached hydrogens (tertiary/aromatic N) is 1. The fourth-order valence-corrected chi connectivity index (χ4v) is 2.30. The second-order valence-corrected chi connectivity index (χ2v) is 5.02. The van der Waals surface area contributed by atoms with Crippen LogP contribution in [0.2, 0.25) is 0 Å². The van der Waals surface area contributed by atoms with Crippen molar-refractivity contribution >= 4 is 5.91 Å². The van der Waals surface area contributed by atoms with Gasteiger partial charge in [-0.1, -0.05) is 0 Å². The van der Waals surface area contributed by atoms with Crippen LogP contribution in [0.3, 0.4) is 0 Å². The predicted octanol–water partition coefficient (Wildman–Crippen LogP) is 3.14. The quantitative estimate of drug-likeness (QED) is 0.818. The third-order valence-corrected chi connectivity index (χ3v) is 3.77. The molecule has 23 heavy (non-hydrogen) atoms. The number of methoxy groups -OCH3 is 3. The van der Waals surface area contributed by atoms with Crippen molar-refractivity contribution in [1.29, 1.82) is 0 Å². The average molecular weight is 319 g/mol. The van der Waals surface area contributed by atoms with Crippen LogP contribution in [0.5, 0.6) is 17.2 Å². The van der Waals surface area contributed by atoms with E-state index in [0.717, 1.165) is 0 Å². The van der Waals surface area contributed by atoms with Gasteiger partial charge in [-0.15, -0.1) is 0 Å². The van der Waals surface area contributed by atoms with Gasteiger partial charge in [0.1, 0.15) is 5.76 Å². The molecular formula is C17H21NO5. The topological polar surface area (TPSA) is 61.1 Å². The summed E-state index contributed by atoms with van der Waals surface area (Å²) >= 11 is 0. The Balaban J connectivity index is 2.35. The summed E-state index contributed by atoms with van der Waals surface area (Å²) in [6.45, 7) is 1.90. The lowest BCUT2D eigenvalue weighted by atomic mass is 10.1. The lowest BCUT2D eigenvalue weighted by Crippen LogP contribution is -2.29. The van der Waals surface area contributed by atoms with Gasteiger partial charge in [0.15, 0.2) is 11.5 Å². The molecular weight excluding hydrogens is 298 g/mol. The van der Waals surface area contributed by atoms with E-state index < -0.39 is 0 Å². The molecule has 124 valence electrons. The Morgan fingerprint density at radius 1 is 1.13 bits per heavy atom. The largest absolute Gasteiger partial charge is 0.493 e. The molecule has 1 unspecified atom stereocenters. The van der Waals surface area contributed by atoms with Crippen LogP contribution in [-0.2, 0) is 0 Å². The van der Waals surface area contributed by atoms with E-state index in [0.29, 0.717) is 28.6 Å². The molecule has 2 rings (SSSR count). The van der Waals surface area contributed by atoms with Crippen LogP contribution in [0.15, 0.2) is 34.9 Å². The number of furan rings is 1.